The third-order valence-corrected chi connectivity index (χ3v) is 5.51. The van der Waals surface area contributed by atoms with E-state index in [4.69, 9.17) is 16.3 Å². The SMILES string of the molecule is COCc1nn2c(ncc3c(=O)n(NC(=O)c4ccccc4)ccc32)c1-c1ccc(Cl)cc1. The number of rotatable bonds is 5. The largest absolute Gasteiger partial charge is 0.378 e. The Kier molecular flexibility index (Phi) is 5.37. The Hall–Kier alpha value is -4.01. The van der Waals surface area contributed by atoms with E-state index < -0.39 is 11.5 Å². The van der Waals surface area contributed by atoms with E-state index in [1.54, 1.807) is 54.1 Å². The van der Waals surface area contributed by atoms with Crippen molar-refractivity contribution >= 4 is 34.1 Å². The number of hydrogen-bond acceptors (Lipinski definition) is 5. The molecule has 9 heteroatoms. The van der Waals surface area contributed by atoms with Gasteiger partial charge < -0.3 is 4.74 Å². The molecule has 0 unspecified atom stereocenters. The molecule has 0 bridgehead atoms. The Balaban J connectivity index is 1.64. The number of halogens is 1. The van der Waals surface area contributed by atoms with Crippen LogP contribution in [-0.2, 0) is 11.3 Å². The van der Waals surface area contributed by atoms with Crippen molar-refractivity contribution in [1.29, 1.82) is 0 Å². The van der Waals surface area contributed by atoms with Crippen LogP contribution in [0.5, 0.6) is 0 Å². The Morgan fingerprint density at radius 2 is 1.85 bits per heavy atom. The highest BCUT2D eigenvalue weighted by Gasteiger charge is 2.19. The van der Waals surface area contributed by atoms with E-state index in [0.29, 0.717) is 32.8 Å². The quantitative estimate of drug-likeness (QED) is 0.430. The van der Waals surface area contributed by atoms with Gasteiger partial charge in [-0.1, -0.05) is 41.9 Å². The van der Waals surface area contributed by atoms with Crippen molar-refractivity contribution in [2.75, 3.05) is 12.5 Å². The molecule has 1 N–H and O–H groups in total. The fraction of sp³-hybridized carbons (Fsp3) is 0.0833. The summed E-state index contributed by atoms with van der Waals surface area (Å²) in [5.74, 6) is -0.391. The van der Waals surface area contributed by atoms with Crippen LogP contribution in [0.1, 0.15) is 16.1 Å². The number of carbonyl (C=O) groups is 1. The van der Waals surface area contributed by atoms with E-state index in [0.717, 1.165) is 15.8 Å². The summed E-state index contributed by atoms with van der Waals surface area (Å²) in [5, 5.41) is 5.61. The Morgan fingerprint density at radius 3 is 2.58 bits per heavy atom. The second-order valence-corrected chi connectivity index (χ2v) is 7.79. The topological polar surface area (TPSA) is 90.5 Å². The zero-order valence-electron chi connectivity index (χ0n) is 17.5. The maximum absolute atomic E-state index is 13.1. The molecular weight excluding hydrogens is 442 g/mol. The summed E-state index contributed by atoms with van der Waals surface area (Å²) in [6.45, 7) is 0.271. The van der Waals surface area contributed by atoms with Crippen LogP contribution in [0.4, 0.5) is 0 Å². The van der Waals surface area contributed by atoms with Crippen LogP contribution in [0.15, 0.2) is 77.9 Å². The highest BCUT2D eigenvalue weighted by molar-refractivity contribution is 6.30. The molecule has 0 aliphatic carbocycles. The molecule has 0 saturated heterocycles. The molecule has 3 aromatic heterocycles. The Morgan fingerprint density at radius 1 is 1.09 bits per heavy atom. The number of nitrogens with zero attached hydrogens (tertiary/aromatic N) is 4. The molecular formula is C24H18ClN5O3. The minimum absolute atomic E-state index is 0.271. The molecule has 3 heterocycles. The first-order valence-electron chi connectivity index (χ1n) is 10.1. The minimum atomic E-state index is -0.414. The molecule has 164 valence electrons. The molecule has 0 saturated carbocycles. The van der Waals surface area contributed by atoms with Gasteiger partial charge in [0.1, 0.15) is 0 Å². The lowest BCUT2D eigenvalue weighted by Gasteiger charge is -2.09. The summed E-state index contributed by atoms with van der Waals surface area (Å²) < 4.78 is 8.11. The number of benzene rings is 2. The van der Waals surface area contributed by atoms with Crippen molar-refractivity contribution in [3.05, 3.63) is 99.7 Å². The summed E-state index contributed by atoms with van der Waals surface area (Å²) in [5.41, 5.74) is 6.16. The molecule has 0 aliphatic heterocycles. The lowest BCUT2D eigenvalue weighted by Crippen LogP contribution is -2.32. The van der Waals surface area contributed by atoms with Crippen LogP contribution in [0.3, 0.4) is 0 Å². The summed E-state index contributed by atoms with van der Waals surface area (Å²) in [4.78, 5) is 30.1. The second-order valence-electron chi connectivity index (χ2n) is 7.35. The molecule has 1 amide bonds. The van der Waals surface area contributed by atoms with E-state index in [9.17, 15) is 9.59 Å². The van der Waals surface area contributed by atoms with Gasteiger partial charge in [-0.05, 0) is 35.9 Å². The van der Waals surface area contributed by atoms with Gasteiger partial charge in [0, 0.05) is 30.1 Å². The van der Waals surface area contributed by atoms with Crippen LogP contribution in [0, 0.1) is 0 Å². The number of pyridine rings is 1. The van der Waals surface area contributed by atoms with Gasteiger partial charge in [-0.15, -0.1) is 0 Å². The lowest BCUT2D eigenvalue weighted by atomic mass is 10.1. The Labute approximate surface area is 193 Å². The summed E-state index contributed by atoms with van der Waals surface area (Å²) in [6, 6.07) is 17.8. The van der Waals surface area contributed by atoms with Crippen LogP contribution in [-0.4, -0.2) is 32.3 Å². The van der Waals surface area contributed by atoms with Crippen molar-refractivity contribution in [3.8, 4) is 11.1 Å². The first-order valence-corrected chi connectivity index (χ1v) is 10.5. The predicted octanol–water partition coefficient (Wildman–Crippen LogP) is 3.89. The first-order chi connectivity index (χ1) is 16.1. The normalized spacial score (nSPS) is 11.2. The molecule has 5 aromatic rings. The average Bonchev–Trinajstić information content (AvgIpc) is 3.20. The second kappa shape index (κ2) is 8.50. The van der Waals surface area contributed by atoms with Gasteiger partial charge >= 0.3 is 0 Å². The van der Waals surface area contributed by atoms with Gasteiger partial charge in [-0.25, -0.2) is 14.2 Å². The smallest absolute Gasteiger partial charge is 0.280 e. The molecule has 0 atom stereocenters. The average molecular weight is 460 g/mol. The van der Waals surface area contributed by atoms with Gasteiger partial charge in [-0.3, -0.25) is 15.0 Å². The van der Waals surface area contributed by atoms with Crippen molar-refractivity contribution in [2.24, 2.45) is 0 Å². The van der Waals surface area contributed by atoms with Crippen molar-refractivity contribution in [2.45, 2.75) is 6.61 Å². The number of carbonyl (C=O) groups excluding carboxylic acids is 1. The zero-order chi connectivity index (χ0) is 22.9. The minimum Gasteiger partial charge on any atom is -0.378 e. The van der Waals surface area contributed by atoms with Crippen molar-refractivity contribution in [1.82, 2.24) is 19.3 Å². The maximum Gasteiger partial charge on any atom is 0.280 e. The molecule has 2 aromatic carbocycles. The van der Waals surface area contributed by atoms with E-state index in [1.165, 1.54) is 12.4 Å². The fourth-order valence-corrected chi connectivity index (χ4v) is 3.84. The third-order valence-electron chi connectivity index (χ3n) is 5.26. The number of aromatic nitrogens is 4. The van der Waals surface area contributed by atoms with Gasteiger partial charge in [0.25, 0.3) is 11.5 Å². The monoisotopic (exact) mass is 459 g/mol. The zero-order valence-corrected chi connectivity index (χ0v) is 18.3. The number of methoxy groups -OCH3 is 1. The fourth-order valence-electron chi connectivity index (χ4n) is 3.72. The van der Waals surface area contributed by atoms with Gasteiger partial charge in [0.15, 0.2) is 5.65 Å². The first kappa shape index (κ1) is 20.9. The van der Waals surface area contributed by atoms with E-state index >= 15 is 0 Å². The van der Waals surface area contributed by atoms with Gasteiger partial charge in [0.2, 0.25) is 0 Å². The van der Waals surface area contributed by atoms with Crippen LogP contribution in [0.25, 0.3) is 27.7 Å². The number of fused-ring (bicyclic) bond motifs is 3. The Bertz CT molecular complexity index is 1540. The van der Waals surface area contributed by atoms with Crippen molar-refractivity contribution in [3.63, 3.8) is 0 Å². The number of nitrogens with one attached hydrogen (secondary N) is 1. The molecule has 0 fully saturated rings. The van der Waals surface area contributed by atoms with E-state index in [1.807, 2.05) is 18.2 Å². The predicted molar refractivity (Wildman–Crippen MR) is 126 cm³/mol. The van der Waals surface area contributed by atoms with E-state index in [-0.39, 0.29) is 6.61 Å². The lowest BCUT2D eigenvalue weighted by molar-refractivity contribution is 0.101. The number of amides is 1. The third kappa shape index (κ3) is 3.75. The van der Waals surface area contributed by atoms with Crippen LogP contribution < -0.4 is 11.0 Å². The molecule has 0 aliphatic rings. The summed E-state index contributed by atoms with van der Waals surface area (Å²) >= 11 is 6.05. The van der Waals surface area contributed by atoms with Crippen LogP contribution in [0.2, 0.25) is 5.02 Å². The maximum atomic E-state index is 13.1. The van der Waals surface area contributed by atoms with Gasteiger partial charge in [-0.2, -0.15) is 5.10 Å². The highest BCUT2D eigenvalue weighted by atomic mass is 35.5. The summed E-state index contributed by atoms with van der Waals surface area (Å²) in [7, 11) is 1.59. The van der Waals surface area contributed by atoms with E-state index in [2.05, 4.69) is 15.5 Å². The summed E-state index contributed by atoms with van der Waals surface area (Å²) in [6.07, 6.45) is 3.00. The van der Waals surface area contributed by atoms with Gasteiger partial charge in [0.05, 0.1) is 28.8 Å². The molecule has 8 nitrogen and oxygen atoms in total. The highest BCUT2D eigenvalue weighted by Crippen LogP contribution is 2.30. The molecule has 5 rings (SSSR count). The van der Waals surface area contributed by atoms with Crippen LogP contribution >= 0.6 is 11.6 Å². The standard InChI is InChI=1S/C24H18ClN5O3/c1-33-14-19-21(15-7-9-17(25)10-8-15)22-26-13-18-20(30(22)27-19)11-12-29(24(18)32)28-23(31)16-5-3-2-4-6-16/h2-13H,14H2,1H3,(H,28,31). The number of hydrogen-bond donors (Lipinski definition) is 1. The molecule has 0 radical (unpaired) electrons. The van der Waals surface area contributed by atoms with Crippen molar-refractivity contribution < 1.29 is 9.53 Å². The molecule has 0 spiro atoms. The number of ether oxygens (including phenoxy) is 1. The molecule has 33 heavy (non-hydrogen) atoms.